The van der Waals surface area contributed by atoms with Gasteiger partial charge in [-0.3, -0.25) is 0 Å². The van der Waals surface area contributed by atoms with E-state index in [1.807, 2.05) is 0 Å². The average Bonchev–Trinajstić information content (AvgIpc) is 2.65. The molecule has 0 aliphatic rings. The zero-order chi connectivity index (χ0) is 19.1. The van der Waals surface area contributed by atoms with Crippen LogP contribution in [0.4, 0.5) is 0 Å². The highest BCUT2D eigenvalue weighted by Crippen LogP contribution is 2.13. The Labute approximate surface area is 160 Å². The van der Waals surface area contributed by atoms with Gasteiger partial charge in [0, 0.05) is 6.61 Å². The lowest BCUT2D eigenvalue weighted by atomic mass is 10.00. The molecule has 1 N–H and O–H groups in total. The van der Waals surface area contributed by atoms with Crippen LogP contribution < -0.4 is 0 Å². The molecule has 0 aliphatic carbocycles. The van der Waals surface area contributed by atoms with Crippen molar-refractivity contribution in [2.45, 2.75) is 52.4 Å². The standard InChI is InChI=1S/C20H42O6/c1-3-4-5-6-7-20(2)8-10-22-12-14-24-16-18-26-19-17-25-15-13-23-11-9-21/h20-21H,3-19H2,1-2H3. The van der Waals surface area contributed by atoms with Crippen LogP contribution in [0.15, 0.2) is 0 Å². The summed E-state index contributed by atoms with van der Waals surface area (Å²) < 4.78 is 26.9. The van der Waals surface area contributed by atoms with Crippen LogP contribution in [0.25, 0.3) is 0 Å². The fourth-order valence-corrected chi connectivity index (χ4v) is 2.39. The third-order valence-electron chi connectivity index (χ3n) is 4.03. The third-order valence-corrected chi connectivity index (χ3v) is 4.03. The molecule has 1 unspecified atom stereocenters. The van der Waals surface area contributed by atoms with Crippen LogP contribution in [0.1, 0.15) is 52.4 Å². The summed E-state index contributed by atoms with van der Waals surface area (Å²) >= 11 is 0. The fourth-order valence-electron chi connectivity index (χ4n) is 2.39. The number of aliphatic hydroxyl groups excluding tert-OH is 1. The van der Waals surface area contributed by atoms with Crippen molar-refractivity contribution in [3.63, 3.8) is 0 Å². The quantitative estimate of drug-likeness (QED) is 0.292. The van der Waals surface area contributed by atoms with Gasteiger partial charge in [-0.05, 0) is 12.3 Å². The molecule has 0 radical (unpaired) electrons. The molecule has 6 nitrogen and oxygen atoms in total. The highest BCUT2D eigenvalue weighted by atomic mass is 16.6. The lowest BCUT2D eigenvalue weighted by molar-refractivity contribution is -0.0138. The molecular weight excluding hydrogens is 336 g/mol. The maximum absolute atomic E-state index is 8.53. The van der Waals surface area contributed by atoms with Gasteiger partial charge in [-0.15, -0.1) is 0 Å². The van der Waals surface area contributed by atoms with E-state index in [9.17, 15) is 0 Å². The van der Waals surface area contributed by atoms with Gasteiger partial charge in [0.2, 0.25) is 0 Å². The molecule has 158 valence electrons. The second-order valence-corrected chi connectivity index (χ2v) is 6.53. The third kappa shape index (κ3) is 21.8. The van der Waals surface area contributed by atoms with Gasteiger partial charge in [0.15, 0.2) is 0 Å². The Morgan fingerprint density at radius 3 is 1.50 bits per heavy atom. The zero-order valence-electron chi connectivity index (χ0n) is 17.1. The van der Waals surface area contributed by atoms with Crippen LogP contribution in [-0.2, 0) is 23.7 Å². The van der Waals surface area contributed by atoms with Crippen molar-refractivity contribution in [1.82, 2.24) is 0 Å². The predicted molar refractivity (Wildman–Crippen MR) is 104 cm³/mol. The molecule has 1 atom stereocenters. The van der Waals surface area contributed by atoms with Crippen LogP contribution in [0.3, 0.4) is 0 Å². The first-order chi connectivity index (χ1) is 12.8. The number of ether oxygens (including phenoxy) is 5. The Balaban J connectivity index is 3.06. The summed E-state index contributed by atoms with van der Waals surface area (Å²) in [4.78, 5) is 0. The van der Waals surface area contributed by atoms with E-state index in [4.69, 9.17) is 28.8 Å². The monoisotopic (exact) mass is 378 g/mol. The molecule has 0 saturated heterocycles. The van der Waals surface area contributed by atoms with Crippen LogP contribution in [0.2, 0.25) is 0 Å². The van der Waals surface area contributed by atoms with Gasteiger partial charge >= 0.3 is 0 Å². The molecule has 6 heteroatoms. The molecule has 0 spiro atoms. The largest absolute Gasteiger partial charge is 0.394 e. The molecule has 0 aromatic rings. The maximum Gasteiger partial charge on any atom is 0.0701 e. The molecule has 0 heterocycles. The smallest absolute Gasteiger partial charge is 0.0701 e. The molecule has 0 saturated carbocycles. The van der Waals surface area contributed by atoms with Crippen LogP contribution in [-0.4, -0.2) is 77.8 Å². The fraction of sp³-hybridized carbons (Fsp3) is 1.00. The average molecular weight is 379 g/mol. The number of hydrogen-bond acceptors (Lipinski definition) is 6. The van der Waals surface area contributed by atoms with Crippen molar-refractivity contribution in [1.29, 1.82) is 0 Å². The lowest BCUT2D eigenvalue weighted by Gasteiger charge is -2.11. The molecule has 26 heavy (non-hydrogen) atoms. The molecule has 0 fully saturated rings. The van der Waals surface area contributed by atoms with Crippen molar-refractivity contribution in [2.24, 2.45) is 5.92 Å². The van der Waals surface area contributed by atoms with Crippen molar-refractivity contribution in [2.75, 3.05) is 72.7 Å². The molecule has 0 rings (SSSR count). The summed E-state index contributed by atoms with van der Waals surface area (Å²) in [6.45, 7) is 10.3. The first-order valence-electron chi connectivity index (χ1n) is 10.3. The van der Waals surface area contributed by atoms with Crippen LogP contribution in [0, 0.1) is 5.92 Å². The first-order valence-corrected chi connectivity index (χ1v) is 10.3. The van der Waals surface area contributed by atoms with Crippen molar-refractivity contribution >= 4 is 0 Å². The highest BCUT2D eigenvalue weighted by Gasteiger charge is 2.02. The Bertz CT molecular complexity index is 252. The summed E-state index contributed by atoms with van der Waals surface area (Å²) in [7, 11) is 0. The van der Waals surface area contributed by atoms with E-state index in [0.717, 1.165) is 18.9 Å². The van der Waals surface area contributed by atoms with E-state index in [-0.39, 0.29) is 6.61 Å². The zero-order valence-corrected chi connectivity index (χ0v) is 17.1. The van der Waals surface area contributed by atoms with E-state index in [0.29, 0.717) is 59.5 Å². The van der Waals surface area contributed by atoms with Gasteiger partial charge in [0.1, 0.15) is 0 Å². The lowest BCUT2D eigenvalue weighted by Crippen LogP contribution is -2.14. The van der Waals surface area contributed by atoms with E-state index < -0.39 is 0 Å². The van der Waals surface area contributed by atoms with E-state index >= 15 is 0 Å². The molecule has 0 aromatic heterocycles. The van der Waals surface area contributed by atoms with Crippen LogP contribution in [0.5, 0.6) is 0 Å². The van der Waals surface area contributed by atoms with Gasteiger partial charge in [0.05, 0.1) is 66.1 Å². The minimum Gasteiger partial charge on any atom is -0.394 e. The van der Waals surface area contributed by atoms with Crippen molar-refractivity contribution < 1.29 is 28.8 Å². The van der Waals surface area contributed by atoms with Gasteiger partial charge in [0.25, 0.3) is 0 Å². The molecule has 0 aliphatic heterocycles. The number of aliphatic hydroxyl groups is 1. The summed E-state index contributed by atoms with van der Waals surface area (Å²) in [5.41, 5.74) is 0. The Morgan fingerprint density at radius 2 is 1.04 bits per heavy atom. The Kier molecular flexibility index (Phi) is 22.6. The maximum atomic E-state index is 8.53. The summed E-state index contributed by atoms with van der Waals surface area (Å²) in [6.07, 6.45) is 7.83. The number of hydrogen-bond donors (Lipinski definition) is 1. The minimum absolute atomic E-state index is 0.0480. The topological polar surface area (TPSA) is 66.4 Å². The summed E-state index contributed by atoms with van der Waals surface area (Å²) in [5.74, 6) is 0.754. The SMILES string of the molecule is CCCCCCC(C)CCOCCOCCOCCOCCOCCO. The van der Waals surface area contributed by atoms with E-state index in [2.05, 4.69) is 13.8 Å². The second-order valence-electron chi connectivity index (χ2n) is 6.53. The normalized spacial score (nSPS) is 12.6. The van der Waals surface area contributed by atoms with Gasteiger partial charge in [-0.25, -0.2) is 0 Å². The van der Waals surface area contributed by atoms with Gasteiger partial charge < -0.3 is 28.8 Å². The van der Waals surface area contributed by atoms with E-state index in [1.54, 1.807) is 0 Å². The molecule has 0 bridgehead atoms. The Morgan fingerprint density at radius 1 is 0.577 bits per heavy atom. The molecule has 0 amide bonds. The number of rotatable bonds is 22. The van der Waals surface area contributed by atoms with E-state index in [1.165, 1.54) is 32.1 Å². The summed E-state index contributed by atoms with van der Waals surface area (Å²) in [5, 5.41) is 8.53. The Hall–Kier alpha value is -0.240. The molecular formula is C20H42O6. The summed E-state index contributed by atoms with van der Waals surface area (Å²) in [6, 6.07) is 0. The van der Waals surface area contributed by atoms with Gasteiger partial charge in [-0.2, -0.15) is 0 Å². The van der Waals surface area contributed by atoms with Crippen LogP contribution >= 0.6 is 0 Å². The predicted octanol–water partition coefficient (Wildman–Crippen LogP) is 3.06. The van der Waals surface area contributed by atoms with Crippen molar-refractivity contribution in [3.05, 3.63) is 0 Å². The van der Waals surface area contributed by atoms with Crippen molar-refractivity contribution in [3.8, 4) is 0 Å². The second kappa shape index (κ2) is 22.8. The number of unbranched alkanes of at least 4 members (excludes halogenated alkanes) is 3. The minimum atomic E-state index is 0.0480. The highest BCUT2D eigenvalue weighted by molar-refractivity contribution is 4.53. The first kappa shape index (κ1) is 25.8. The molecule has 0 aromatic carbocycles. The van der Waals surface area contributed by atoms with Gasteiger partial charge in [-0.1, -0.05) is 46.0 Å².